The number of carbonyl (C=O) groups is 2. The lowest BCUT2D eigenvalue weighted by atomic mass is 9.86. The molecule has 0 aliphatic heterocycles. The number of nitrogens with zero attached hydrogens (tertiary/aromatic N) is 2. The van der Waals surface area contributed by atoms with E-state index in [1.807, 2.05) is 0 Å². The molecule has 0 bridgehead atoms. The summed E-state index contributed by atoms with van der Waals surface area (Å²) in [5, 5.41) is 4.91. The van der Waals surface area contributed by atoms with Crippen molar-refractivity contribution < 1.29 is 9.59 Å². The minimum Gasteiger partial charge on any atom is -0.331 e. The first-order valence-electron chi connectivity index (χ1n) is 8.10. The number of hydrogen-bond donors (Lipinski definition) is 1. The molecule has 2 amide bonds. The maximum atomic E-state index is 12.9. The lowest BCUT2D eigenvalue weighted by Gasteiger charge is -2.36. The molecule has 0 atom stereocenters. The van der Waals surface area contributed by atoms with Crippen LogP contribution in [-0.2, 0) is 4.79 Å². The molecule has 1 N–H and O–H groups in total. The fraction of sp³-hybridized carbons (Fsp3) is 0.688. The van der Waals surface area contributed by atoms with Gasteiger partial charge >= 0.3 is 0 Å². The molecular weight excluding hydrogens is 298 g/mol. The molecule has 5 nitrogen and oxygen atoms in total. The molecule has 2 fully saturated rings. The molecule has 0 aromatic carbocycles. The number of aromatic nitrogens is 1. The van der Waals surface area contributed by atoms with E-state index in [4.69, 9.17) is 0 Å². The summed E-state index contributed by atoms with van der Waals surface area (Å²) in [6.07, 6.45) is 6.84. The first-order chi connectivity index (χ1) is 10.5. The van der Waals surface area contributed by atoms with Crippen molar-refractivity contribution in [3.8, 4) is 0 Å². The molecule has 0 radical (unpaired) electrons. The van der Waals surface area contributed by atoms with Crippen LogP contribution in [0.2, 0.25) is 0 Å². The zero-order valence-corrected chi connectivity index (χ0v) is 14.0. The molecule has 1 heterocycles. The zero-order chi connectivity index (χ0) is 15.7. The van der Waals surface area contributed by atoms with E-state index in [0.29, 0.717) is 22.9 Å². The van der Waals surface area contributed by atoms with E-state index in [2.05, 4.69) is 22.1 Å². The molecule has 2 aliphatic carbocycles. The summed E-state index contributed by atoms with van der Waals surface area (Å²) in [5.74, 6) is 0.654. The van der Waals surface area contributed by atoms with E-state index in [1.54, 1.807) is 5.38 Å². The number of anilines is 1. The van der Waals surface area contributed by atoms with E-state index in [1.165, 1.54) is 31.1 Å². The third kappa shape index (κ3) is 3.48. The van der Waals surface area contributed by atoms with Gasteiger partial charge < -0.3 is 10.2 Å². The Hall–Kier alpha value is -1.43. The molecule has 0 spiro atoms. The monoisotopic (exact) mass is 321 g/mol. The Morgan fingerprint density at radius 1 is 1.18 bits per heavy atom. The van der Waals surface area contributed by atoms with Gasteiger partial charge in [-0.2, -0.15) is 0 Å². The Balaban J connectivity index is 1.72. The van der Waals surface area contributed by atoms with Gasteiger partial charge in [-0.3, -0.25) is 9.59 Å². The SMILES string of the molecule is CC(=O)Nc1nc(C(=O)N(C2CCC(C)CC2)C2CC2)cs1. The summed E-state index contributed by atoms with van der Waals surface area (Å²) in [4.78, 5) is 30.3. The molecule has 2 saturated carbocycles. The Labute approximate surface area is 135 Å². The second kappa shape index (κ2) is 6.36. The van der Waals surface area contributed by atoms with Crippen molar-refractivity contribution in [2.24, 2.45) is 5.92 Å². The van der Waals surface area contributed by atoms with Crippen LogP contribution in [0.3, 0.4) is 0 Å². The third-order valence-corrected chi connectivity index (χ3v) is 5.32. The van der Waals surface area contributed by atoms with Crippen LogP contribution >= 0.6 is 11.3 Å². The van der Waals surface area contributed by atoms with Gasteiger partial charge in [-0.1, -0.05) is 6.92 Å². The molecule has 6 heteroatoms. The molecular formula is C16H23N3O2S. The van der Waals surface area contributed by atoms with E-state index < -0.39 is 0 Å². The van der Waals surface area contributed by atoms with E-state index in [-0.39, 0.29) is 11.8 Å². The first kappa shape index (κ1) is 15.5. The van der Waals surface area contributed by atoms with Crippen LogP contribution in [0.5, 0.6) is 0 Å². The number of carbonyl (C=O) groups excluding carboxylic acids is 2. The van der Waals surface area contributed by atoms with Gasteiger partial charge in [0.05, 0.1) is 0 Å². The van der Waals surface area contributed by atoms with Crippen LogP contribution in [0, 0.1) is 5.92 Å². The molecule has 1 aromatic rings. The first-order valence-corrected chi connectivity index (χ1v) is 8.98. The Bertz CT molecular complexity index is 559. The predicted octanol–water partition coefficient (Wildman–Crippen LogP) is 3.28. The highest BCUT2D eigenvalue weighted by molar-refractivity contribution is 7.14. The zero-order valence-electron chi connectivity index (χ0n) is 13.2. The van der Waals surface area contributed by atoms with Gasteiger partial charge in [0.2, 0.25) is 5.91 Å². The van der Waals surface area contributed by atoms with Crippen molar-refractivity contribution in [1.82, 2.24) is 9.88 Å². The van der Waals surface area contributed by atoms with E-state index >= 15 is 0 Å². The van der Waals surface area contributed by atoms with Crippen LogP contribution in [-0.4, -0.2) is 33.8 Å². The second-order valence-corrected chi connectivity index (χ2v) is 7.43. The molecule has 0 saturated heterocycles. The average molecular weight is 321 g/mol. The number of thiazole rings is 1. The lowest BCUT2D eigenvalue weighted by molar-refractivity contribution is -0.114. The van der Waals surface area contributed by atoms with Gasteiger partial charge in [-0.15, -0.1) is 11.3 Å². The predicted molar refractivity (Wildman–Crippen MR) is 87.0 cm³/mol. The van der Waals surface area contributed by atoms with Crippen LogP contribution in [0.1, 0.15) is 62.9 Å². The fourth-order valence-electron chi connectivity index (χ4n) is 3.22. The minimum absolute atomic E-state index is 0.0369. The van der Waals surface area contributed by atoms with Crippen molar-refractivity contribution in [3.63, 3.8) is 0 Å². The highest BCUT2D eigenvalue weighted by atomic mass is 32.1. The maximum absolute atomic E-state index is 12.9. The number of hydrogen-bond acceptors (Lipinski definition) is 4. The van der Waals surface area contributed by atoms with Crippen molar-refractivity contribution in [2.75, 3.05) is 5.32 Å². The van der Waals surface area contributed by atoms with E-state index in [9.17, 15) is 9.59 Å². The number of nitrogens with one attached hydrogen (secondary N) is 1. The Morgan fingerprint density at radius 3 is 2.32 bits per heavy atom. The van der Waals surface area contributed by atoms with Crippen LogP contribution in [0.15, 0.2) is 5.38 Å². The summed E-state index contributed by atoms with van der Waals surface area (Å²) in [7, 11) is 0. The van der Waals surface area contributed by atoms with Crippen molar-refractivity contribution in [3.05, 3.63) is 11.1 Å². The summed E-state index contributed by atoms with van der Waals surface area (Å²) in [6, 6.07) is 0.763. The van der Waals surface area contributed by atoms with Crippen molar-refractivity contribution in [1.29, 1.82) is 0 Å². The quantitative estimate of drug-likeness (QED) is 0.925. The number of rotatable bonds is 4. The fourth-order valence-corrected chi connectivity index (χ4v) is 3.95. The van der Waals surface area contributed by atoms with Gasteiger partial charge in [-0.25, -0.2) is 4.98 Å². The number of amides is 2. The summed E-state index contributed by atoms with van der Waals surface area (Å²) in [5.41, 5.74) is 0.472. The highest BCUT2D eigenvalue weighted by Gasteiger charge is 2.39. The largest absolute Gasteiger partial charge is 0.331 e. The molecule has 2 aliphatic rings. The Morgan fingerprint density at radius 2 is 1.77 bits per heavy atom. The molecule has 3 rings (SSSR count). The molecule has 0 unspecified atom stereocenters. The smallest absolute Gasteiger partial charge is 0.273 e. The van der Waals surface area contributed by atoms with Gasteiger partial charge in [0.25, 0.3) is 5.91 Å². The second-order valence-electron chi connectivity index (χ2n) is 6.58. The van der Waals surface area contributed by atoms with Crippen LogP contribution in [0.4, 0.5) is 5.13 Å². The molecule has 120 valence electrons. The van der Waals surface area contributed by atoms with Gasteiger partial charge in [-0.05, 0) is 44.4 Å². The highest BCUT2D eigenvalue weighted by Crippen LogP contribution is 2.36. The van der Waals surface area contributed by atoms with Crippen molar-refractivity contribution >= 4 is 28.3 Å². The van der Waals surface area contributed by atoms with Crippen LogP contribution in [0.25, 0.3) is 0 Å². The topological polar surface area (TPSA) is 62.3 Å². The van der Waals surface area contributed by atoms with E-state index in [0.717, 1.165) is 31.6 Å². The molecule has 1 aromatic heterocycles. The standard InChI is InChI=1S/C16H23N3O2S/c1-10-3-5-12(6-4-10)19(13-7-8-13)15(21)14-9-22-16(18-14)17-11(2)20/h9-10,12-13H,3-8H2,1-2H3,(H,17,18,20). The third-order valence-electron chi connectivity index (χ3n) is 4.56. The van der Waals surface area contributed by atoms with Gasteiger partial charge in [0.15, 0.2) is 5.13 Å². The normalized spacial score (nSPS) is 24.8. The lowest BCUT2D eigenvalue weighted by Crippen LogP contribution is -2.43. The maximum Gasteiger partial charge on any atom is 0.273 e. The average Bonchev–Trinajstić information content (AvgIpc) is 3.19. The van der Waals surface area contributed by atoms with Gasteiger partial charge in [0.1, 0.15) is 5.69 Å². The van der Waals surface area contributed by atoms with Crippen molar-refractivity contribution in [2.45, 2.75) is 64.5 Å². The summed E-state index contributed by atoms with van der Waals surface area (Å²) < 4.78 is 0. The van der Waals surface area contributed by atoms with Crippen LogP contribution < -0.4 is 5.32 Å². The summed E-state index contributed by atoms with van der Waals surface area (Å²) >= 11 is 1.31. The minimum atomic E-state index is -0.159. The Kier molecular flexibility index (Phi) is 4.47. The summed E-state index contributed by atoms with van der Waals surface area (Å²) in [6.45, 7) is 3.74. The molecule has 22 heavy (non-hydrogen) atoms. The van der Waals surface area contributed by atoms with Gasteiger partial charge in [0, 0.05) is 24.4 Å².